The molecule has 12 aromatic rings. The van der Waals surface area contributed by atoms with Gasteiger partial charge in [-0.25, -0.2) is 4.98 Å². The molecule has 3 aromatic heterocycles. The van der Waals surface area contributed by atoms with Crippen LogP contribution >= 0.6 is 0 Å². The minimum atomic E-state index is 0.889. The molecule has 0 radical (unpaired) electrons. The van der Waals surface area contributed by atoms with Crippen LogP contribution in [0.2, 0.25) is 0 Å². The molecule has 0 bridgehead atoms. The quantitative estimate of drug-likeness (QED) is 0.158. The zero-order valence-corrected chi connectivity index (χ0v) is 33.9. The van der Waals surface area contributed by atoms with Gasteiger partial charge in [0.25, 0.3) is 0 Å². The number of pyridine rings is 1. The molecule has 62 heavy (non-hydrogen) atoms. The number of benzene rings is 9. The number of fused-ring (bicyclic) bond motifs is 6. The maximum absolute atomic E-state index is 5.15. The molecule has 0 fully saturated rings. The largest absolute Gasteiger partial charge is 0.309 e. The molecule has 0 saturated heterocycles. The third kappa shape index (κ3) is 6.02. The number of rotatable bonds is 7. The molecule has 0 aliphatic heterocycles. The van der Waals surface area contributed by atoms with Crippen molar-refractivity contribution in [3.05, 3.63) is 237 Å². The summed E-state index contributed by atoms with van der Waals surface area (Å²) in [5.41, 5.74) is 17.6. The van der Waals surface area contributed by atoms with Gasteiger partial charge in [-0.3, -0.25) is 4.57 Å². The molecular weight excluding hydrogens is 751 g/mol. The molecule has 0 aliphatic rings. The van der Waals surface area contributed by atoms with Crippen molar-refractivity contribution in [1.82, 2.24) is 14.1 Å². The van der Waals surface area contributed by atoms with Crippen molar-refractivity contribution in [3.63, 3.8) is 0 Å². The molecule has 3 nitrogen and oxygen atoms in total. The van der Waals surface area contributed by atoms with Gasteiger partial charge in [-0.2, -0.15) is 0 Å². The highest BCUT2D eigenvalue weighted by molar-refractivity contribution is 6.12. The van der Waals surface area contributed by atoms with E-state index >= 15 is 0 Å². The number of nitrogens with zero attached hydrogens (tertiary/aromatic N) is 3. The first-order valence-corrected chi connectivity index (χ1v) is 21.2. The van der Waals surface area contributed by atoms with E-state index < -0.39 is 0 Å². The fraction of sp³-hybridized carbons (Fsp3) is 0. The third-order valence-electron chi connectivity index (χ3n) is 12.4. The van der Waals surface area contributed by atoms with Gasteiger partial charge >= 0.3 is 0 Å². The summed E-state index contributed by atoms with van der Waals surface area (Å²) >= 11 is 0. The lowest BCUT2D eigenvalue weighted by Crippen LogP contribution is -1.97. The standard InChI is InChI=1S/C59H39N3/c1-4-14-40(15-5-1)41-24-26-43(27-25-41)49-32-28-45(36-53(49)42-16-6-2-7-17-42)47-31-35-59(60-39-47)62-56-23-13-11-21-51(56)54-37-44(30-34-57(54)62)46-29-33-52-50-20-10-12-22-55(50)61(58(52)38-46)48-18-8-3-9-19-48/h1-39H. The third-order valence-corrected chi connectivity index (χ3v) is 12.4. The summed E-state index contributed by atoms with van der Waals surface area (Å²) in [6.07, 6.45) is 2.02. The van der Waals surface area contributed by atoms with Gasteiger partial charge in [-0.1, -0.05) is 170 Å². The molecule has 0 aliphatic carbocycles. The number of aromatic nitrogens is 3. The Bertz CT molecular complexity index is 3580. The first-order chi connectivity index (χ1) is 30.7. The summed E-state index contributed by atoms with van der Waals surface area (Å²) in [6.45, 7) is 0. The van der Waals surface area contributed by atoms with Gasteiger partial charge in [0.1, 0.15) is 5.82 Å². The van der Waals surface area contributed by atoms with Crippen molar-refractivity contribution in [1.29, 1.82) is 0 Å². The molecule has 0 spiro atoms. The van der Waals surface area contributed by atoms with Crippen LogP contribution in [0.25, 0.3) is 111 Å². The van der Waals surface area contributed by atoms with Crippen LogP contribution in [0.4, 0.5) is 0 Å². The van der Waals surface area contributed by atoms with E-state index in [1.165, 1.54) is 77.1 Å². The zero-order valence-electron chi connectivity index (χ0n) is 33.9. The highest BCUT2D eigenvalue weighted by atomic mass is 15.1. The Morgan fingerprint density at radius 1 is 0.258 bits per heavy atom. The van der Waals surface area contributed by atoms with Crippen molar-refractivity contribution >= 4 is 43.6 Å². The van der Waals surface area contributed by atoms with Crippen LogP contribution in [-0.4, -0.2) is 14.1 Å². The molecule has 3 heteroatoms. The molecule has 0 amide bonds. The predicted molar refractivity (Wildman–Crippen MR) is 260 cm³/mol. The Morgan fingerprint density at radius 3 is 1.47 bits per heavy atom. The summed E-state index contributed by atoms with van der Waals surface area (Å²) < 4.78 is 4.68. The fourth-order valence-electron chi connectivity index (χ4n) is 9.40. The van der Waals surface area contributed by atoms with Gasteiger partial charge in [0, 0.05) is 39.0 Å². The van der Waals surface area contributed by atoms with E-state index in [0.29, 0.717) is 0 Å². The van der Waals surface area contributed by atoms with Gasteiger partial charge in [0.2, 0.25) is 0 Å². The van der Waals surface area contributed by atoms with Gasteiger partial charge in [-0.15, -0.1) is 0 Å². The minimum absolute atomic E-state index is 0.889. The van der Waals surface area contributed by atoms with Crippen molar-refractivity contribution in [2.24, 2.45) is 0 Å². The SMILES string of the molecule is c1ccc(-c2ccc(-c3ccc(-c4ccc(-n5c6ccccc6c6cc(-c7ccc8c9ccccc9n(-c9ccccc9)c8c7)ccc65)nc4)cc3-c3ccccc3)cc2)cc1. The lowest BCUT2D eigenvalue weighted by atomic mass is 9.90. The van der Waals surface area contributed by atoms with E-state index in [9.17, 15) is 0 Å². The Kier molecular flexibility index (Phi) is 8.50. The zero-order chi connectivity index (χ0) is 41.0. The molecule has 3 heterocycles. The fourth-order valence-corrected chi connectivity index (χ4v) is 9.40. The highest BCUT2D eigenvalue weighted by Gasteiger charge is 2.17. The van der Waals surface area contributed by atoms with Crippen molar-refractivity contribution in [2.75, 3.05) is 0 Å². The molecule has 0 atom stereocenters. The summed E-state index contributed by atoms with van der Waals surface area (Å²) in [5, 5.41) is 4.91. The van der Waals surface area contributed by atoms with E-state index in [1.807, 2.05) is 6.20 Å². The highest BCUT2D eigenvalue weighted by Crippen LogP contribution is 2.40. The normalized spacial score (nSPS) is 11.5. The van der Waals surface area contributed by atoms with Crippen LogP contribution in [-0.2, 0) is 0 Å². The maximum Gasteiger partial charge on any atom is 0.137 e. The topological polar surface area (TPSA) is 22.8 Å². The van der Waals surface area contributed by atoms with Gasteiger partial charge in [0.05, 0.1) is 22.1 Å². The summed E-state index contributed by atoms with van der Waals surface area (Å²) in [6, 6.07) is 83.1. The number of hydrogen-bond donors (Lipinski definition) is 0. The molecule has 9 aromatic carbocycles. The van der Waals surface area contributed by atoms with Crippen LogP contribution in [0.1, 0.15) is 0 Å². The summed E-state index contributed by atoms with van der Waals surface area (Å²) in [5.74, 6) is 0.889. The predicted octanol–water partition coefficient (Wildman–Crippen LogP) is 15.6. The summed E-state index contributed by atoms with van der Waals surface area (Å²) in [4.78, 5) is 5.15. The second kappa shape index (κ2) is 14.8. The monoisotopic (exact) mass is 789 g/mol. The Labute approximate surface area is 360 Å². The van der Waals surface area contributed by atoms with E-state index in [4.69, 9.17) is 4.98 Å². The molecule has 0 N–H and O–H groups in total. The average molecular weight is 790 g/mol. The van der Waals surface area contributed by atoms with Crippen LogP contribution in [0.3, 0.4) is 0 Å². The second-order valence-electron chi connectivity index (χ2n) is 16.0. The van der Waals surface area contributed by atoms with E-state index in [0.717, 1.165) is 33.7 Å². The van der Waals surface area contributed by atoms with Crippen LogP contribution in [0.15, 0.2) is 237 Å². The molecule has 290 valence electrons. The van der Waals surface area contributed by atoms with Crippen LogP contribution in [0, 0.1) is 0 Å². The summed E-state index contributed by atoms with van der Waals surface area (Å²) in [7, 11) is 0. The Balaban J connectivity index is 0.919. The van der Waals surface area contributed by atoms with E-state index in [1.54, 1.807) is 0 Å². The first kappa shape index (κ1) is 35.7. The van der Waals surface area contributed by atoms with Crippen molar-refractivity contribution in [3.8, 4) is 67.1 Å². The molecular formula is C59H39N3. The number of hydrogen-bond acceptors (Lipinski definition) is 1. The van der Waals surface area contributed by atoms with Gasteiger partial charge in [0.15, 0.2) is 0 Å². The molecule has 12 rings (SSSR count). The lowest BCUT2D eigenvalue weighted by molar-refractivity contribution is 1.08. The second-order valence-corrected chi connectivity index (χ2v) is 16.0. The molecule has 0 saturated carbocycles. The first-order valence-electron chi connectivity index (χ1n) is 21.2. The van der Waals surface area contributed by atoms with Crippen LogP contribution < -0.4 is 0 Å². The smallest absolute Gasteiger partial charge is 0.137 e. The van der Waals surface area contributed by atoms with Crippen molar-refractivity contribution in [2.45, 2.75) is 0 Å². The minimum Gasteiger partial charge on any atom is -0.309 e. The maximum atomic E-state index is 5.15. The average Bonchev–Trinajstić information content (AvgIpc) is 3.87. The van der Waals surface area contributed by atoms with E-state index in [-0.39, 0.29) is 0 Å². The van der Waals surface area contributed by atoms with E-state index in [2.05, 4.69) is 240 Å². The Hall–Kier alpha value is -8.27. The lowest BCUT2D eigenvalue weighted by Gasteiger charge is -2.14. The van der Waals surface area contributed by atoms with Gasteiger partial charge < -0.3 is 4.57 Å². The molecule has 0 unspecified atom stereocenters. The number of para-hydroxylation sites is 3. The van der Waals surface area contributed by atoms with Gasteiger partial charge in [-0.05, 0) is 111 Å². The van der Waals surface area contributed by atoms with Crippen molar-refractivity contribution < 1.29 is 0 Å². The van der Waals surface area contributed by atoms with Crippen LogP contribution in [0.5, 0.6) is 0 Å². The Morgan fingerprint density at radius 2 is 0.742 bits per heavy atom.